The Bertz CT molecular complexity index is 1310. The van der Waals surface area contributed by atoms with E-state index in [0.29, 0.717) is 39.2 Å². The van der Waals surface area contributed by atoms with Crippen molar-refractivity contribution in [3.63, 3.8) is 0 Å². The van der Waals surface area contributed by atoms with E-state index in [1.54, 1.807) is 54.1 Å². The fraction of sp³-hybridized carbons (Fsp3) is 0.250. The predicted octanol–water partition coefficient (Wildman–Crippen LogP) is 4.03. The Morgan fingerprint density at radius 1 is 1.37 bits per heavy atom. The van der Waals surface area contributed by atoms with Crippen molar-refractivity contribution in [2.24, 2.45) is 5.92 Å². The normalized spacial score (nSPS) is 18.2. The number of rotatable bonds is 4. The summed E-state index contributed by atoms with van der Waals surface area (Å²) >= 11 is 6.43. The summed E-state index contributed by atoms with van der Waals surface area (Å²) in [6, 6.07) is 3.51. The molecule has 5 rings (SSSR count). The van der Waals surface area contributed by atoms with Crippen LogP contribution in [0.5, 0.6) is 0 Å². The van der Waals surface area contributed by atoms with Gasteiger partial charge in [-0.05, 0) is 18.6 Å². The van der Waals surface area contributed by atoms with E-state index in [1.165, 1.54) is 0 Å². The summed E-state index contributed by atoms with van der Waals surface area (Å²) in [7, 11) is 3.46. The fourth-order valence-corrected chi connectivity index (χ4v) is 3.95. The van der Waals surface area contributed by atoms with Crippen LogP contribution >= 0.6 is 11.6 Å². The standard InChI is InChI=1S/C20H17ClF2N6O/c1-28(2)19-17(23)16(21)15(11-6-24-27-18(11)19)9-3-4-14-25-13(8-29(14)7-9)26-20(30)10-5-12(10)22/h3-4,6-8,10,12H,5H2,1-2H3,(H,24,27)(H,26,30)/t10-,12+/m1/s1. The maximum Gasteiger partial charge on any atom is 0.231 e. The lowest BCUT2D eigenvalue weighted by molar-refractivity contribution is -0.117. The molecule has 0 spiro atoms. The van der Waals surface area contributed by atoms with E-state index >= 15 is 4.39 Å². The maximum atomic E-state index is 15.1. The molecule has 0 bridgehead atoms. The third-order valence-corrected chi connectivity index (χ3v) is 5.61. The number of hydrogen-bond donors (Lipinski definition) is 2. The first-order valence-electron chi connectivity index (χ1n) is 9.30. The monoisotopic (exact) mass is 430 g/mol. The second-order valence-electron chi connectivity index (χ2n) is 7.56. The van der Waals surface area contributed by atoms with Crippen LogP contribution in [-0.4, -0.2) is 45.8 Å². The average molecular weight is 431 g/mol. The highest BCUT2D eigenvalue weighted by Gasteiger charge is 2.43. The summed E-state index contributed by atoms with van der Waals surface area (Å²) in [4.78, 5) is 17.9. The van der Waals surface area contributed by atoms with E-state index in [0.717, 1.165) is 0 Å². The van der Waals surface area contributed by atoms with Gasteiger partial charge in [-0.25, -0.2) is 13.8 Å². The van der Waals surface area contributed by atoms with Crippen LogP contribution in [0.2, 0.25) is 5.02 Å². The van der Waals surface area contributed by atoms with Crippen LogP contribution in [-0.2, 0) is 4.79 Å². The first-order chi connectivity index (χ1) is 14.3. The summed E-state index contributed by atoms with van der Waals surface area (Å²) in [5, 5.41) is 10.2. The molecule has 10 heteroatoms. The molecule has 0 radical (unpaired) electrons. The Morgan fingerprint density at radius 2 is 2.13 bits per heavy atom. The van der Waals surface area contributed by atoms with Crippen molar-refractivity contribution in [1.82, 2.24) is 19.6 Å². The van der Waals surface area contributed by atoms with E-state index in [4.69, 9.17) is 11.6 Å². The molecule has 2 atom stereocenters. The van der Waals surface area contributed by atoms with Gasteiger partial charge in [0, 0.05) is 36.8 Å². The molecule has 30 heavy (non-hydrogen) atoms. The van der Waals surface area contributed by atoms with E-state index in [1.807, 2.05) is 0 Å². The van der Waals surface area contributed by atoms with Crippen molar-refractivity contribution >= 4 is 45.6 Å². The number of alkyl halides is 1. The lowest BCUT2D eigenvalue weighted by Crippen LogP contribution is -2.15. The van der Waals surface area contributed by atoms with Crippen LogP contribution in [0, 0.1) is 11.7 Å². The zero-order valence-corrected chi connectivity index (χ0v) is 16.8. The van der Waals surface area contributed by atoms with Gasteiger partial charge in [-0.1, -0.05) is 11.6 Å². The molecule has 4 aromatic rings. The molecule has 1 aliphatic rings. The number of halogens is 3. The van der Waals surface area contributed by atoms with Gasteiger partial charge in [0.1, 0.15) is 17.5 Å². The Hall–Kier alpha value is -3.20. The van der Waals surface area contributed by atoms with Gasteiger partial charge in [-0.15, -0.1) is 0 Å². The van der Waals surface area contributed by atoms with Crippen LogP contribution in [0.4, 0.5) is 20.3 Å². The van der Waals surface area contributed by atoms with Crippen LogP contribution < -0.4 is 10.2 Å². The number of hydrogen-bond acceptors (Lipinski definition) is 4. The van der Waals surface area contributed by atoms with Gasteiger partial charge < -0.3 is 14.6 Å². The molecule has 154 valence electrons. The number of pyridine rings is 1. The maximum absolute atomic E-state index is 15.1. The zero-order chi connectivity index (χ0) is 21.2. The van der Waals surface area contributed by atoms with Gasteiger partial charge in [0.05, 0.1) is 28.9 Å². The van der Waals surface area contributed by atoms with Crippen LogP contribution in [0.25, 0.3) is 27.7 Å². The number of anilines is 2. The lowest BCUT2D eigenvalue weighted by Gasteiger charge is -2.18. The summed E-state index contributed by atoms with van der Waals surface area (Å²) in [5.41, 5.74) is 2.61. The van der Waals surface area contributed by atoms with Crippen LogP contribution in [0.1, 0.15) is 6.42 Å². The van der Waals surface area contributed by atoms with Crippen LogP contribution in [0.15, 0.2) is 30.7 Å². The molecule has 2 N–H and O–H groups in total. The number of H-pyrrole nitrogens is 1. The van der Waals surface area contributed by atoms with Crippen molar-refractivity contribution in [3.05, 3.63) is 41.6 Å². The molecule has 3 aromatic heterocycles. The minimum Gasteiger partial charge on any atom is -0.373 e. The van der Waals surface area contributed by atoms with Gasteiger partial charge in [-0.3, -0.25) is 9.89 Å². The van der Waals surface area contributed by atoms with Crippen molar-refractivity contribution in [3.8, 4) is 11.1 Å². The van der Waals surface area contributed by atoms with E-state index in [-0.39, 0.29) is 17.4 Å². The molecular weight excluding hydrogens is 414 g/mol. The van der Waals surface area contributed by atoms with Crippen molar-refractivity contribution in [1.29, 1.82) is 0 Å². The first-order valence-corrected chi connectivity index (χ1v) is 9.68. The molecule has 1 saturated carbocycles. The summed E-state index contributed by atoms with van der Waals surface area (Å²) in [6.07, 6.45) is 4.15. The number of nitrogens with one attached hydrogen (secondary N) is 2. The van der Waals surface area contributed by atoms with Gasteiger partial charge in [-0.2, -0.15) is 5.10 Å². The molecule has 1 aromatic carbocycles. The van der Waals surface area contributed by atoms with Gasteiger partial charge in [0.25, 0.3) is 0 Å². The number of amides is 1. The SMILES string of the molecule is CN(C)c1c(F)c(Cl)c(-c2ccc3nc(NC(=O)[C@@H]4C[C@@H]4F)cn3c2)c2cn[nH]c12. The number of carbonyl (C=O) groups excluding carboxylic acids is 1. The Balaban J connectivity index is 1.59. The smallest absolute Gasteiger partial charge is 0.231 e. The lowest BCUT2D eigenvalue weighted by atomic mass is 10.0. The number of fused-ring (bicyclic) bond motifs is 2. The molecule has 7 nitrogen and oxygen atoms in total. The first kappa shape index (κ1) is 18.8. The summed E-state index contributed by atoms with van der Waals surface area (Å²) in [6.45, 7) is 0. The highest BCUT2D eigenvalue weighted by molar-refractivity contribution is 6.36. The fourth-order valence-electron chi connectivity index (χ4n) is 3.65. The third kappa shape index (κ3) is 2.88. The van der Waals surface area contributed by atoms with E-state index in [2.05, 4.69) is 20.5 Å². The zero-order valence-electron chi connectivity index (χ0n) is 16.1. The quantitative estimate of drug-likeness (QED) is 0.512. The number of aromatic nitrogens is 4. The minimum absolute atomic E-state index is 0.0108. The second-order valence-corrected chi connectivity index (χ2v) is 7.94. The minimum atomic E-state index is -1.08. The molecule has 0 aliphatic heterocycles. The average Bonchev–Trinajstić information content (AvgIpc) is 3.08. The number of benzene rings is 1. The number of nitrogens with zero attached hydrogens (tertiary/aromatic N) is 4. The molecule has 1 fully saturated rings. The summed E-state index contributed by atoms with van der Waals surface area (Å²) < 4.78 is 29.8. The largest absolute Gasteiger partial charge is 0.373 e. The van der Waals surface area contributed by atoms with Gasteiger partial charge in [0.15, 0.2) is 11.6 Å². The van der Waals surface area contributed by atoms with Crippen molar-refractivity contribution < 1.29 is 13.6 Å². The number of carbonyl (C=O) groups is 1. The van der Waals surface area contributed by atoms with Gasteiger partial charge >= 0.3 is 0 Å². The Labute approximate surface area is 174 Å². The molecular formula is C20H17ClF2N6O. The molecule has 0 saturated heterocycles. The van der Waals surface area contributed by atoms with Crippen LogP contribution in [0.3, 0.4) is 0 Å². The van der Waals surface area contributed by atoms with Crippen molar-refractivity contribution in [2.75, 3.05) is 24.3 Å². The highest BCUT2D eigenvalue weighted by atomic mass is 35.5. The highest BCUT2D eigenvalue weighted by Crippen LogP contribution is 2.42. The number of aromatic amines is 1. The Morgan fingerprint density at radius 3 is 2.83 bits per heavy atom. The third-order valence-electron chi connectivity index (χ3n) is 5.25. The summed E-state index contributed by atoms with van der Waals surface area (Å²) in [5.74, 6) is -1.20. The van der Waals surface area contributed by atoms with E-state index in [9.17, 15) is 9.18 Å². The topological polar surface area (TPSA) is 78.3 Å². The molecule has 3 heterocycles. The van der Waals surface area contributed by atoms with E-state index < -0.39 is 17.9 Å². The predicted molar refractivity (Wildman–Crippen MR) is 111 cm³/mol. The Kier molecular flexibility index (Phi) is 4.18. The second kappa shape index (κ2) is 6.66. The van der Waals surface area contributed by atoms with Crippen molar-refractivity contribution in [2.45, 2.75) is 12.6 Å². The molecule has 1 aliphatic carbocycles. The number of imidazole rings is 1. The molecule has 1 amide bonds. The molecule has 0 unspecified atom stereocenters. The van der Waals surface area contributed by atoms with Gasteiger partial charge in [0.2, 0.25) is 5.91 Å².